The number of amides is 3. The third kappa shape index (κ3) is 15.8. The van der Waals surface area contributed by atoms with E-state index in [4.69, 9.17) is 23.7 Å². The Kier molecular flexibility index (Phi) is 17.4. The molecule has 3 amide bonds. The standard InChI is InChI=1S/C30H47N3O9/c1-22(2)21-26(33-30(37)42-20-19-41-18-17-40-16-15-39-14-13-38-3)28(35)32-25(12-9-23-7-5-4-6-8-23)27(34)29(36)31-24-10-11-24/h4-8,22,24-26H,9-21H2,1-3H3,(H,31,36)(H,32,35)(H,33,37)/t25-,26-/m0/s1. The number of aryl methyl sites for hydroxylation is 1. The van der Waals surface area contributed by atoms with E-state index in [0.29, 0.717) is 52.5 Å². The van der Waals surface area contributed by atoms with Gasteiger partial charge in [-0.1, -0.05) is 44.2 Å². The van der Waals surface area contributed by atoms with E-state index in [-0.39, 0.29) is 31.6 Å². The van der Waals surface area contributed by atoms with Gasteiger partial charge in [-0.05, 0) is 43.6 Å². The van der Waals surface area contributed by atoms with Crippen molar-refractivity contribution < 1.29 is 42.9 Å². The summed E-state index contributed by atoms with van der Waals surface area (Å²) in [6.45, 7) is 6.63. The third-order valence-electron chi connectivity index (χ3n) is 6.29. The molecule has 2 atom stereocenters. The zero-order chi connectivity index (χ0) is 30.6. The molecule has 0 saturated heterocycles. The van der Waals surface area contributed by atoms with E-state index in [1.807, 2.05) is 44.2 Å². The minimum absolute atomic E-state index is 0.0124. The topological polar surface area (TPSA) is 151 Å². The van der Waals surface area contributed by atoms with Crippen molar-refractivity contribution in [3.8, 4) is 0 Å². The van der Waals surface area contributed by atoms with Gasteiger partial charge >= 0.3 is 6.09 Å². The van der Waals surface area contributed by atoms with Crippen LogP contribution < -0.4 is 16.0 Å². The maximum atomic E-state index is 13.3. The lowest BCUT2D eigenvalue weighted by molar-refractivity contribution is -0.140. The predicted octanol–water partition coefficient (Wildman–Crippen LogP) is 1.79. The number of ketones is 1. The lowest BCUT2D eigenvalue weighted by atomic mass is 9.99. The quantitative estimate of drug-likeness (QED) is 0.127. The van der Waals surface area contributed by atoms with E-state index in [1.165, 1.54) is 0 Å². The molecule has 1 fully saturated rings. The summed E-state index contributed by atoms with van der Waals surface area (Å²) in [5.74, 6) is -1.89. The molecule has 1 aliphatic carbocycles. The van der Waals surface area contributed by atoms with Crippen LogP contribution in [0, 0.1) is 5.92 Å². The molecule has 0 aromatic heterocycles. The number of alkyl carbamates (subject to hydrolysis) is 1. The van der Waals surface area contributed by atoms with Gasteiger partial charge in [-0.2, -0.15) is 0 Å². The van der Waals surface area contributed by atoms with Crippen molar-refractivity contribution in [2.45, 2.75) is 64.1 Å². The molecule has 1 aliphatic rings. The Morgan fingerprint density at radius 2 is 1.40 bits per heavy atom. The highest BCUT2D eigenvalue weighted by Crippen LogP contribution is 2.18. The summed E-state index contributed by atoms with van der Waals surface area (Å²) >= 11 is 0. The van der Waals surface area contributed by atoms with E-state index >= 15 is 0 Å². The molecule has 236 valence electrons. The van der Waals surface area contributed by atoms with Gasteiger partial charge < -0.3 is 39.6 Å². The van der Waals surface area contributed by atoms with Crippen LogP contribution in [0.5, 0.6) is 0 Å². The number of ether oxygens (including phenoxy) is 5. The van der Waals surface area contributed by atoms with E-state index in [0.717, 1.165) is 18.4 Å². The first kappa shape index (κ1) is 35.1. The monoisotopic (exact) mass is 593 g/mol. The van der Waals surface area contributed by atoms with Gasteiger partial charge in [0.2, 0.25) is 11.7 Å². The van der Waals surface area contributed by atoms with Crippen LogP contribution >= 0.6 is 0 Å². The summed E-state index contributed by atoms with van der Waals surface area (Å²) in [6.07, 6.45) is 1.96. The molecule has 0 aliphatic heterocycles. The second kappa shape index (κ2) is 20.8. The Morgan fingerprint density at radius 3 is 1.98 bits per heavy atom. The average molecular weight is 594 g/mol. The van der Waals surface area contributed by atoms with Crippen LogP contribution in [0.2, 0.25) is 0 Å². The second-order valence-electron chi connectivity index (χ2n) is 10.5. The van der Waals surface area contributed by atoms with Crippen molar-refractivity contribution in [1.82, 2.24) is 16.0 Å². The number of nitrogens with one attached hydrogen (secondary N) is 3. The number of benzene rings is 1. The van der Waals surface area contributed by atoms with Crippen LogP contribution in [0.1, 0.15) is 45.1 Å². The minimum Gasteiger partial charge on any atom is -0.447 e. The van der Waals surface area contributed by atoms with E-state index in [9.17, 15) is 19.2 Å². The van der Waals surface area contributed by atoms with Crippen LogP contribution in [0.4, 0.5) is 4.79 Å². The largest absolute Gasteiger partial charge is 0.447 e. The Morgan fingerprint density at radius 1 is 0.810 bits per heavy atom. The predicted molar refractivity (Wildman–Crippen MR) is 155 cm³/mol. The van der Waals surface area contributed by atoms with Crippen molar-refractivity contribution in [1.29, 1.82) is 0 Å². The molecule has 1 saturated carbocycles. The van der Waals surface area contributed by atoms with Gasteiger partial charge in [0.15, 0.2) is 0 Å². The summed E-state index contributed by atoms with van der Waals surface area (Å²) < 4.78 is 26.1. The van der Waals surface area contributed by atoms with Crippen molar-refractivity contribution in [2.24, 2.45) is 5.92 Å². The lowest BCUT2D eigenvalue weighted by Gasteiger charge is -2.23. The number of rotatable bonds is 23. The smallest absolute Gasteiger partial charge is 0.407 e. The Labute approximate surface area is 248 Å². The maximum absolute atomic E-state index is 13.3. The highest BCUT2D eigenvalue weighted by molar-refractivity contribution is 6.38. The normalized spacial score (nSPS) is 14.2. The molecule has 2 rings (SSSR count). The molecule has 1 aromatic carbocycles. The van der Waals surface area contributed by atoms with Gasteiger partial charge in [0.1, 0.15) is 12.6 Å². The second-order valence-corrected chi connectivity index (χ2v) is 10.5. The summed E-state index contributed by atoms with van der Waals surface area (Å²) in [5.41, 5.74) is 0.980. The molecule has 0 spiro atoms. The van der Waals surface area contributed by atoms with Crippen molar-refractivity contribution >= 4 is 23.7 Å². The zero-order valence-corrected chi connectivity index (χ0v) is 25.1. The maximum Gasteiger partial charge on any atom is 0.407 e. The number of carbonyl (C=O) groups excluding carboxylic acids is 4. The van der Waals surface area contributed by atoms with Crippen LogP contribution in [-0.2, 0) is 44.5 Å². The number of Topliss-reactive ketones (excluding diaryl/α,β-unsaturated/α-hetero) is 1. The molecular weight excluding hydrogens is 546 g/mol. The molecule has 42 heavy (non-hydrogen) atoms. The van der Waals surface area contributed by atoms with Gasteiger partial charge in [0.05, 0.1) is 52.3 Å². The van der Waals surface area contributed by atoms with Crippen LogP contribution in [-0.4, -0.2) is 102 Å². The first-order valence-corrected chi connectivity index (χ1v) is 14.6. The van der Waals surface area contributed by atoms with Gasteiger partial charge in [-0.25, -0.2) is 4.79 Å². The molecular formula is C30H47N3O9. The fourth-order valence-corrected chi connectivity index (χ4v) is 3.90. The lowest BCUT2D eigenvalue weighted by Crippen LogP contribution is -2.54. The molecule has 0 unspecified atom stereocenters. The van der Waals surface area contributed by atoms with Crippen molar-refractivity contribution in [3.05, 3.63) is 35.9 Å². The molecule has 3 N–H and O–H groups in total. The van der Waals surface area contributed by atoms with Gasteiger partial charge in [0.25, 0.3) is 5.91 Å². The van der Waals surface area contributed by atoms with Gasteiger partial charge in [0, 0.05) is 13.2 Å². The molecule has 0 heterocycles. The zero-order valence-electron chi connectivity index (χ0n) is 25.1. The summed E-state index contributed by atoms with van der Waals surface area (Å²) in [4.78, 5) is 51.2. The first-order chi connectivity index (χ1) is 20.3. The Bertz CT molecular complexity index is 941. The number of hydrogen-bond donors (Lipinski definition) is 3. The Hall–Kier alpha value is -3.06. The average Bonchev–Trinajstić information content (AvgIpc) is 3.79. The Balaban J connectivity index is 1.79. The molecule has 0 radical (unpaired) electrons. The number of carbonyl (C=O) groups is 4. The molecule has 12 nitrogen and oxygen atoms in total. The van der Waals surface area contributed by atoms with Crippen LogP contribution in [0.3, 0.4) is 0 Å². The first-order valence-electron chi connectivity index (χ1n) is 14.6. The third-order valence-corrected chi connectivity index (χ3v) is 6.29. The molecule has 12 heteroatoms. The van der Waals surface area contributed by atoms with Crippen molar-refractivity contribution in [3.63, 3.8) is 0 Å². The van der Waals surface area contributed by atoms with Crippen LogP contribution in [0.25, 0.3) is 0 Å². The van der Waals surface area contributed by atoms with E-state index in [1.54, 1.807) is 7.11 Å². The fraction of sp³-hybridized carbons (Fsp3) is 0.667. The van der Waals surface area contributed by atoms with Gasteiger partial charge in [-0.15, -0.1) is 0 Å². The summed E-state index contributed by atoms with van der Waals surface area (Å²) in [5, 5.41) is 8.00. The fourth-order valence-electron chi connectivity index (χ4n) is 3.90. The number of hydrogen-bond acceptors (Lipinski definition) is 9. The van der Waals surface area contributed by atoms with Crippen LogP contribution in [0.15, 0.2) is 30.3 Å². The number of methoxy groups -OCH3 is 1. The minimum atomic E-state index is -1.03. The molecule has 1 aromatic rings. The molecule has 0 bridgehead atoms. The van der Waals surface area contributed by atoms with Gasteiger partial charge in [-0.3, -0.25) is 14.4 Å². The van der Waals surface area contributed by atoms with E-state index < -0.39 is 35.8 Å². The summed E-state index contributed by atoms with van der Waals surface area (Å²) in [7, 11) is 1.61. The van der Waals surface area contributed by atoms with Crippen molar-refractivity contribution in [2.75, 3.05) is 60.0 Å². The summed E-state index contributed by atoms with van der Waals surface area (Å²) in [6, 6.07) is 7.55. The SMILES string of the molecule is COCCOCCOCCOCCOC(=O)N[C@@H](CC(C)C)C(=O)N[C@@H](CCc1ccccc1)C(=O)C(=O)NC1CC1. The highest BCUT2D eigenvalue weighted by Gasteiger charge is 2.33. The van der Waals surface area contributed by atoms with E-state index in [2.05, 4.69) is 16.0 Å². The highest BCUT2D eigenvalue weighted by atomic mass is 16.6.